The Balaban J connectivity index is 1.48. The van der Waals surface area contributed by atoms with Gasteiger partial charge in [-0.15, -0.1) is 0 Å². The van der Waals surface area contributed by atoms with Gasteiger partial charge in [0.05, 0.1) is 5.69 Å². The van der Waals surface area contributed by atoms with Crippen LogP contribution >= 0.6 is 0 Å². The van der Waals surface area contributed by atoms with Crippen LogP contribution < -0.4 is 20.7 Å². The Kier molecular flexibility index (Phi) is 4.43. The molecule has 0 saturated carbocycles. The van der Waals surface area contributed by atoms with Gasteiger partial charge in [-0.1, -0.05) is 6.08 Å². The van der Waals surface area contributed by atoms with Crippen LogP contribution in [0.3, 0.4) is 0 Å². The number of hydrogen-bond donors (Lipinski definition) is 2. The van der Waals surface area contributed by atoms with Crippen molar-refractivity contribution in [2.45, 2.75) is 13.3 Å². The molecule has 1 aliphatic carbocycles. The number of benzene rings is 1. The van der Waals surface area contributed by atoms with Crippen LogP contribution in [0, 0.1) is 6.92 Å². The predicted octanol–water partition coefficient (Wildman–Crippen LogP) is 1.33. The Morgan fingerprint density at radius 2 is 1.93 bits per heavy atom. The Morgan fingerprint density at radius 3 is 2.63 bits per heavy atom. The van der Waals surface area contributed by atoms with E-state index in [4.69, 9.17) is 0 Å². The van der Waals surface area contributed by atoms with E-state index < -0.39 is 0 Å². The zero-order chi connectivity index (χ0) is 19.0. The number of anilines is 2. The molecule has 0 bridgehead atoms. The van der Waals surface area contributed by atoms with Gasteiger partial charge in [-0.05, 0) is 43.2 Å². The minimum Gasteiger partial charge on any atom is -0.368 e. The van der Waals surface area contributed by atoms with Gasteiger partial charge in [0.25, 0.3) is 11.5 Å². The molecule has 4 rings (SSSR count). The fourth-order valence-corrected chi connectivity index (χ4v) is 3.73. The van der Waals surface area contributed by atoms with Crippen molar-refractivity contribution in [1.82, 2.24) is 15.3 Å². The summed E-state index contributed by atoms with van der Waals surface area (Å²) in [6.45, 7) is 5.25. The maximum atomic E-state index is 12.2. The van der Waals surface area contributed by atoms with Gasteiger partial charge in [-0.2, -0.15) is 0 Å². The van der Waals surface area contributed by atoms with Crippen LogP contribution in [0.4, 0.5) is 11.6 Å². The zero-order valence-electron chi connectivity index (χ0n) is 15.6. The van der Waals surface area contributed by atoms with E-state index in [1.807, 2.05) is 37.3 Å². The van der Waals surface area contributed by atoms with Gasteiger partial charge >= 0.3 is 0 Å². The second-order valence-electron chi connectivity index (χ2n) is 6.91. The average molecular weight is 365 g/mol. The first-order valence-electron chi connectivity index (χ1n) is 9.19. The number of amides is 1. The molecule has 1 fully saturated rings. The molecule has 1 aromatic heterocycles. The number of H-pyrrole nitrogens is 1. The van der Waals surface area contributed by atoms with Crippen molar-refractivity contribution in [3.63, 3.8) is 0 Å². The molecule has 0 spiro atoms. The SMILES string of the molecule is CNC(=O)c1ccc(N2CCN(c3nc4c(c(=O)[nH]3)CC=C4)CC2)c(C)c1. The summed E-state index contributed by atoms with van der Waals surface area (Å²) in [6, 6.07) is 5.79. The number of hydrogen-bond acceptors (Lipinski definition) is 5. The van der Waals surface area contributed by atoms with Crippen LogP contribution in [0.25, 0.3) is 6.08 Å². The number of fused-ring (bicyclic) bond motifs is 1. The molecule has 1 saturated heterocycles. The van der Waals surface area contributed by atoms with E-state index in [-0.39, 0.29) is 11.5 Å². The first-order valence-corrected chi connectivity index (χ1v) is 9.19. The van der Waals surface area contributed by atoms with Gasteiger partial charge in [0, 0.05) is 50.0 Å². The molecule has 1 aromatic carbocycles. The third-order valence-electron chi connectivity index (χ3n) is 5.24. The highest BCUT2D eigenvalue weighted by molar-refractivity contribution is 5.94. The summed E-state index contributed by atoms with van der Waals surface area (Å²) in [5, 5.41) is 2.65. The maximum Gasteiger partial charge on any atom is 0.256 e. The Morgan fingerprint density at radius 1 is 1.19 bits per heavy atom. The second-order valence-corrected chi connectivity index (χ2v) is 6.91. The third-order valence-corrected chi connectivity index (χ3v) is 5.24. The lowest BCUT2D eigenvalue weighted by Gasteiger charge is -2.37. The van der Waals surface area contributed by atoms with E-state index in [1.165, 1.54) is 0 Å². The predicted molar refractivity (Wildman–Crippen MR) is 107 cm³/mol. The molecule has 7 heteroatoms. The van der Waals surface area contributed by atoms with Crippen molar-refractivity contribution in [3.05, 3.63) is 57.0 Å². The number of carbonyl (C=O) groups is 1. The first-order chi connectivity index (χ1) is 13.1. The number of piperazine rings is 1. The highest BCUT2D eigenvalue weighted by Gasteiger charge is 2.22. The van der Waals surface area contributed by atoms with Gasteiger partial charge in [-0.3, -0.25) is 14.6 Å². The molecule has 0 atom stereocenters. The molecule has 2 heterocycles. The quantitative estimate of drug-likeness (QED) is 0.858. The largest absolute Gasteiger partial charge is 0.368 e. The topological polar surface area (TPSA) is 81.3 Å². The average Bonchev–Trinajstić information content (AvgIpc) is 3.17. The van der Waals surface area contributed by atoms with E-state index in [0.29, 0.717) is 17.9 Å². The van der Waals surface area contributed by atoms with Gasteiger partial charge in [-0.25, -0.2) is 4.98 Å². The monoisotopic (exact) mass is 365 g/mol. The molecule has 2 N–H and O–H groups in total. The van der Waals surface area contributed by atoms with Gasteiger partial charge in [0.2, 0.25) is 5.95 Å². The third kappa shape index (κ3) is 3.20. The summed E-state index contributed by atoms with van der Waals surface area (Å²) < 4.78 is 0. The summed E-state index contributed by atoms with van der Waals surface area (Å²) >= 11 is 0. The molecule has 2 aliphatic rings. The van der Waals surface area contributed by atoms with Crippen molar-refractivity contribution in [3.8, 4) is 0 Å². The van der Waals surface area contributed by atoms with Crippen LogP contribution in [0.2, 0.25) is 0 Å². The van der Waals surface area contributed by atoms with E-state index in [2.05, 4.69) is 25.1 Å². The highest BCUT2D eigenvalue weighted by atomic mass is 16.1. The lowest BCUT2D eigenvalue weighted by atomic mass is 10.1. The highest BCUT2D eigenvalue weighted by Crippen LogP contribution is 2.24. The van der Waals surface area contributed by atoms with Crippen molar-refractivity contribution in [1.29, 1.82) is 0 Å². The standard InChI is InChI=1S/C20H23N5O2/c1-13-12-14(18(26)21-2)6-7-17(13)24-8-10-25(11-9-24)20-22-16-5-3-4-15(16)19(27)23-20/h3,5-7,12H,4,8-11H2,1-2H3,(H,21,26)(H,22,23,27). The number of allylic oxidation sites excluding steroid dienone is 1. The van der Waals surface area contributed by atoms with Crippen LogP contribution in [0.1, 0.15) is 27.2 Å². The minimum atomic E-state index is -0.0739. The van der Waals surface area contributed by atoms with Crippen LogP contribution in [0.5, 0.6) is 0 Å². The first kappa shape index (κ1) is 17.3. The Hall–Kier alpha value is -3.09. The number of nitrogens with one attached hydrogen (secondary N) is 2. The van der Waals surface area contributed by atoms with E-state index in [9.17, 15) is 9.59 Å². The lowest BCUT2D eigenvalue weighted by molar-refractivity contribution is 0.0963. The number of aromatic amines is 1. The fourth-order valence-electron chi connectivity index (χ4n) is 3.73. The molecule has 140 valence electrons. The maximum absolute atomic E-state index is 12.2. The number of aromatic nitrogens is 2. The van der Waals surface area contributed by atoms with Crippen LogP contribution in [-0.2, 0) is 6.42 Å². The molecule has 7 nitrogen and oxygen atoms in total. The number of carbonyl (C=O) groups excluding carboxylic acids is 1. The van der Waals surface area contributed by atoms with Gasteiger partial charge < -0.3 is 15.1 Å². The summed E-state index contributed by atoms with van der Waals surface area (Å²) in [5.41, 5.74) is 4.40. The molecule has 0 radical (unpaired) electrons. The van der Waals surface area contributed by atoms with Crippen LogP contribution in [0.15, 0.2) is 29.1 Å². The second kappa shape index (κ2) is 6.90. The summed E-state index contributed by atoms with van der Waals surface area (Å²) in [5.74, 6) is 0.576. The minimum absolute atomic E-state index is 0.0388. The van der Waals surface area contributed by atoms with Crippen LogP contribution in [-0.4, -0.2) is 49.1 Å². The fraction of sp³-hybridized carbons (Fsp3) is 0.350. The van der Waals surface area contributed by atoms with Crippen molar-refractivity contribution in [2.75, 3.05) is 43.0 Å². The summed E-state index contributed by atoms with van der Waals surface area (Å²) in [4.78, 5) is 36.0. The van der Waals surface area contributed by atoms with Crippen molar-refractivity contribution < 1.29 is 4.79 Å². The van der Waals surface area contributed by atoms with Crippen molar-refractivity contribution >= 4 is 23.6 Å². The molecule has 27 heavy (non-hydrogen) atoms. The summed E-state index contributed by atoms with van der Waals surface area (Å²) in [7, 11) is 1.64. The lowest BCUT2D eigenvalue weighted by Crippen LogP contribution is -2.47. The molecular weight excluding hydrogens is 342 g/mol. The van der Waals surface area contributed by atoms with E-state index in [0.717, 1.165) is 48.7 Å². The molecule has 0 unspecified atom stereocenters. The Labute approximate surface area is 157 Å². The molecule has 1 aliphatic heterocycles. The van der Waals surface area contributed by atoms with Crippen molar-refractivity contribution in [2.24, 2.45) is 0 Å². The number of aryl methyl sites for hydroxylation is 1. The smallest absolute Gasteiger partial charge is 0.256 e. The molecule has 1 amide bonds. The van der Waals surface area contributed by atoms with Gasteiger partial charge in [0.15, 0.2) is 0 Å². The van der Waals surface area contributed by atoms with E-state index in [1.54, 1.807) is 7.05 Å². The van der Waals surface area contributed by atoms with E-state index >= 15 is 0 Å². The molecule has 2 aromatic rings. The summed E-state index contributed by atoms with van der Waals surface area (Å²) in [6.07, 6.45) is 4.55. The molecular formula is C20H23N5O2. The normalized spacial score (nSPS) is 15.8. The Bertz CT molecular complexity index is 971. The van der Waals surface area contributed by atoms with Gasteiger partial charge in [0.1, 0.15) is 0 Å². The number of nitrogens with zero attached hydrogens (tertiary/aromatic N) is 3. The number of rotatable bonds is 3. The zero-order valence-corrected chi connectivity index (χ0v) is 15.6.